The van der Waals surface area contributed by atoms with Crippen LogP contribution in [-0.4, -0.2) is 47.2 Å². The summed E-state index contributed by atoms with van der Waals surface area (Å²) >= 11 is 5.83. The fourth-order valence-electron chi connectivity index (χ4n) is 3.56. The molecule has 1 unspecified atom stereocenters. The first kappa shape index (κ1) is 22.7. The maximum atomic E-state index is 12.6. The van der Waals surface area contributed by atoms with Crippen LogP contribution in [0.2, 0.25) is 5.02 Å². The van der Waals surface area contributed by atoms with Gasteiger partial charge in [0.25, 0.3) is 5.91 Å². The molecule has 3 amide bonds. The van der Waals surface area contributed by atoms with Gasteiger partial charge in [-0.3, -0.25) is 14.4 Å². The number of likely N-dealkylation sites (tertiary alicyclic amines) is 1. The van der Waals surface area contributed by atoms with E-state index in [0.717, 1.165) is 18.5 Å². The molecule has 1 aliphatic heterocycles. The molecule has 0 spiro atoms. The minimum absolute atomic E-state index is 0.00641. The lowest BCUT2D eigenvalue weighted by molar-refractivity contribution is -0.134. The number of carbonyl (C=O) groups is 3. The Bertz CT molecular complexity index is 933. The van der Waals surface area contributed by atoms with Crippen LogP contribution < -0.4 is 10.6 Å². The number of hydrogen-bond donors (Lipinski definition) is 2. The Morgan fingerprint density at radius 1 is 1.16 bits per heavy atom. The number of nitrogens with one attached hydrogen (secondary N) is 2. The lowest BCUT2D eigenvalue weighted by atomic mass is 9.96. The number of piperidine rings is 1. The fraction of sp³-hybridized carbons (Fsp3) is 0.391. The third kappa shape index (κ3) is 6.79. The van der Waals surface area contributed by atoms with Crippen LogP contribution in [0, 0.1) is 12.8 Å². The maximum absolute atomic E-state index is 12.6. The Kier molecular flexibility index (Phi) is 8.00. The molecule has 3 rings (SSSR count). The molecule has 1 aliphatic rings. The van der Waals surface area contributed by atoms with Gasteiger partial charge >= 0.3 is 0 Å². The Morgan fingerprint density at radius 3 is 2.68 bits per heavy atom. The van der Waals surface area contributed by atoms with Gasteiger partial charge < -0.3 is 15.5 Å². The van der Waals surface area contributed by atoms with Gasteiger partial charge in [0.2, 0.25) is 11.8 Å². The summed E-state index contributed by atoms with van der Waals surface area (Å²) < 4.78 is 0. The van der Waals surface area contributed by atoms with Crippen LogP contribution in [-0.2, 0) is 9.59 Å². The van der Waals surface area contributed by atoms with Gasteiger partial charge in [-0.1, -0.05) is 17.7 Å². The van der Waals surface area contributed by atoms with E-state index in [-0.39, 0.29) is 23.6 Å². The monoisotopic (exact) mass is 442 g/mol. The maximum Gasteiger partial charge on any atom is 0.251 e. The van der Waals surface area contributed by atoms with Gasteiger partial charge in [0.1, 0.15) is 5.82 Å². The summed E-state index contributed by atoms with van der Waals surface area (Å²) in [6.07, 6.45) is 2.41. The van der Waals surface area contributed by atoms with E-state index in [4.69, 9.17) is 11.6 Å². The molecule has 2 aromatic rings. The second-order valence-electron chi connectivity index (χ2n) is 7.70. The molecule has 8 heteroatoms. The largest absolute Gasteiger partial charge is 0.352 e. The Balaban J connectivity index is 1.41. The van der Waals surface area contributed by atoms with Gasteiger partial charge in [0, 0.05) is 42.3 Å². The van der Waals surface area contributed by atoms with E-state index in [2.05, 4.69) is 15.6 Å². The zero-order valence-corrected chi connectivity index (χ0v) is 18.3. The van der Waals surface area contributed by atoms with Crippen LogP contribution in [0.4, 0.5) is 5.82 Å². The second-order valence-corrected chi connectivity index (χ2v) is 8.14. The zero-order chi connectivity index (χ0) is 22.2. The van der Waals surface area contributed by atoms with E-state index in [1.165, 1.54) is 0 Å². The predicted molar refractivity (Wildman–Crippen MR) is 120 cm³/mol. The molecule has 1 aromatic carbocycles. The van der Waals surface area contributed by atoms with E-state index in [1.54, 1.807) is 35.2 Å². The van der Waals surface area contributed by atoms with Gasteiger partial charge in [0.05, 0.1) is 5.92 Å². The van der Waals surface area contributed by atoms with Crippen LogP contribution >= 0.6 is 11.6 Å². The highest BCUT2D eigenvalue weighted by Crippen LogP contribution is 2.19. The molecule has 1 aromatic heterocycles. The summed E-state index contributed by atoms with van der Waals surface area (Å²) in [4.78, 5) is 43.3. The summed E-state index contributed by atoms with van der Waals surface area (Å²) in [7, 11) is 0. The van der Waals surface area contributed by atoms with Gasteiger partial charge in [0.15, 0.2) is 0 Å². The molecule has 2 heterocycles. The lowest BCUT2D eigenvalue weighted by Gasteiger charge is -2.32. The Morgan fingerprint density at radius 2 is 1.94 bits per heavy atom. The number of anilines is 1. The highest BCUT2D eigenvalue weighted by Gasteiger charge is 2.28. The zero-order valence-electron chi connectivity index (χ0n) is 17.6. The van der Waals surface area contributed by atoms with Gasteiger partial charge in [-0.2, -0.15) is 0 Å². The number of rotatable bonds is 7. The predicted octanol–water partition coefficient (Wildman–Crippen LogP) is 3.43. The summed E-state index contributed by atoms with van der Waals surface area (Å²) in [6.45, 7) is 3.34. The third-order valence-corrected chi connectivity index (χ3v) is 5.50. The summed E-state index contributed by atoms with van der Waals surface area (Å²) in [5.41, 5.74) is 1.37. The summed E-state index contributed by atoms with van der Waals surface area (Å²) in [5, 5.41) is 6.24. The Hall–Kier alpha value is -2.93. The van der Waals surface area contributed by atoms with Crippen LogP contribution in [0.5, 0.6) is 0 Å². The van der Waals surface area contributed by atoms with Crippen molar-refractivity contribution in [2.45, 2.75) is 32.6 Å². The average molecular weight is 443 g/mol. The molecular weight excluding hydrogens is 416 g/mol. The first-order valence-corrected chi connectivity index (χ1v) is 10.9. The van der Waals surface area contributed by atoms with E-state index >= 15 is 0 Å². The molecule has 31 heavy (non-hydrogen) atoms. The van der Waals surface area contributed by atoms with Gasteiger partial charge in [-0.25, -0.2) is 4.98 Å². The number of nitrogens with zero attached hydrogens (tertiary/aromatic N) is 2. The summed E-state index contributed by atoms with van der Waals surface area (Å²) in [6, 6.07) is 12.1. The van der Waals surface area contributed by atoms with Crippen molar-refractivity contribution in [1.29, 1.82) is 0 Å². The van der Waals surface area contributed by atoms with E-state index < -0.39 is 0 Å². The van der Waals surface area contributed by atoms with E-state index in [1.807, 2.05) is 19.1 Å². The number of carbonyl (C=O) groups excluding carboxylic acids is 3. The van der Waals surface area contributed by atoms with Crippen molar-refractivity contribution in [3.8, 4) is 0 Å². The molecule has 0 radical (unpaired) electrons. The van der Waals surface area contributed by atoms with Crippen LogP contribution in [0.15, 0.2) is 42.5 Å². The molecule has 7 nitrogen and oxygen atoms in total. The lowest BCUT2D eigenvalue weighted by Crippen LogP contribution is -2.44. The number of aromatic nitrogens is 1. The van der Waals surface area contributed by atoms with Gasteiger partial charge in [-0.15, -0.1) is 0 Å². The first-order valence-electron chi connectivity index (χ1n) is 10.5. The molecule has 2 N–H and O–H groups in total. The quantitative estimate of drug-likeness (QED) is 0.642. The van der Waals surface area contributed by atoms with Crippen LogP contribution in [0.25, 0.3) is 0 Å². The molecular formula is C23H27ClN4O3. The number of amides is 3. The Labute approximate surface area is 187 Å². The topological polar surface area (TPSA) is 91.4 Å². The minimum Gasteiger partial charge on any atom is -0.352 e. The molecule has 1 saturated heterocycles. The normalized spacial score (nSPS) is 15.9. The number of pyridine rings is 1. The minimum atomic E-state index is -0.246. The SMILES string of the molecule is Cc1cccc(NC(=O)C2CCCN(C(=O)CCCNC(=O)c3ccc(Cl)cc3)C2)n1. The fourth-order valence-corrected chi connectivity index (χ4v) is 3.69. The smallest absolute Gasteiger partial charge is 0.251 e. The number of benzene rings is 1. The molecule has 1 atom stereocenters. The number of aryl methyl sites for hydroxylation is 1. The molecule has 0 saturated carbocycles. The highest BCUT2D eigenvalue weighted by molar-refractivity contribution is 6.30. The van der Waals surface area contributed by atoms with Crippen molar-refractivity contribution in [2.75, 3.05) is 25.0 Å². The van der Waals surface area contributed by atoms with Crippen molar-refractivity contribution in [3.63, 3.8) is 0 Å². The van der Waals surface area contributed by atoms with Crippen molar-refractivity contribution >= 4 is 35.1 Å². The van der Waals surface area contributed by atoms with Crippen molar-refractivity contribution < 1.29 is 14.4 Å². The van der Waals surface area contributed by atoms with Crippen molar-refractivity contribution in [2.24, 2.45) is 5.92 Å². The standard InChI is InChI=1S/C23H27ClN4O3/c1-16-5-2-7-20(26-16)27-23(31)18-6-4-14-28(15-18)21(29)8-3-13-25-22(30)17-9-11-19(24)12-10-17/h2,5,7,9-12,18H,3-4,6,8,13-15H2,1H3,(H,25,30)(H,26,27,31). The highest BCUT2D eigenvalue weighted by atomic mass is 35.5. The molecule has 164 valence electrons. The third-order valence-electron chi connectivity index (χ3n) is 5.24. The number of halogens is 1. The summed E-state index contributed by atoms with van der Waals surface area (Å²) in [5.74, 6) is -0.00386. The van der Waals surface area contributed by atoms with E-state index in [9.17, 15) is 14.4 Å². The van der Waals surface area contributed by atoms with Crippen LogP contribution in [0.3, 0.4) is 0 Å². The first-order chi connectivity index (χ1) is 14.9. The van der Waals surface area contributed by atoms with Crippen LogP contribution in [0.1, 0.15) is 41.7 Å². The average Bonchev–Trinajstić information content (AvgIpc) is 2.77. The van der Waals surface area contributed by atoms with E-state index in [0.29, 0.717) is 48.9 Å². The number of hydrogen-bond acceptors (Lipinski definition) is 4. The molecule has 0 aliphatic carbocycles. The molecule has 0 bridgehead atoms. The second kappa shape index (κ2) is 10.9. The van der Waals surface area contributed by atoms with Crippen molar-refractivity contribution in [3.05, 3.63) is 58.7 Å². The van der Waals surface area contributed by atoms with Gasteiger partial charge in [-0.05, 0) is 62.6 Å². The molecule has 1 fully saturated rings. The van der Waals surface area contributed by atoms with Crippen molar-refractivity contribution in [1.82, 2.24) is 15.2 Å².